The Bertz CT molecular complexity index is 1320. The molecule has 0 aliphatic heterocycles. The number of nitrogens with one attached hydrogen (secondary N) is 1. The Morgan fingerprint density at radius 3 is 2.50 bits per heavy atom. The zero-order chi connectivity index (χ0) is 20.0. The molecule has 0 saturated heterocycles. The molecule has 3 heterocycles. The van der Waals surface area contributed by atoms with E-state index in [2.05, 4.69) is 15.1 Å². The van der Waals surface area contributed by atoms with Crippen LogP contribution in [-0.4, -0.2) is 28.3 Å². The molecule has 0 saturated carbocycles. The van der Waals surface area contributed by atoms with Crippen molar-refractivity contribution in [2.75, 3.05) is 0 Å². The number of fused-ring (bicyclic) bond motifs is 1. The van der Waals surface area contributed by atoms with Crippen molar-refractivity contribution in [2.45, 2.75) is 11.9 Å². The van der Waals surface area contributed by atoms with Crippen molar-refractivity contribution >= 4 is 16.7 Å². The van der Waals surface area contributed by atoms with E-state index in [0.29, 0.717) is 16.8 Å². The van der Waals surface area contributed by atoms with Crippen molar-refractivity contribution in [1.29, 1.82) is 0 Å². The van der Waals surface area contributed by atoms with Crippen LogP contribution in [0.4, 0.5) is 8.78 Å². The predicted octanol–water partition coefficient (Wildman–Crippen LogP) is -2.85. The van der Waals surface area contributed by atoms with Crippen LogP contribution in [0.1, 0.15) is 8.55 Å². The zero-order valence-electron chi connectivity index (χ0n) is 18.3. The summed E-state index contributed by atoms with van der Waals surface area (Å²) < 4.78 is 48.9. The Morgan fingerprint density at radius 2 is 1.90 bits per heavy atom. The average molecular weight is 450 g/mol. The molecule has 0 amide bonds. The van der Waals surface area contributed by atoms with Crippen LogP contribution in [-0.2, 0) is 11.1 Å². The fraction of sp³-hybridized carbons (Fsp3) is 0.0556. The molecule has 1 unspecified atom stereocenters. The number of aromatic amines is 1. The summed E-state index contributed by atoms with van der Waals surface area (Å²) in [6, 6.07) is 7.29. The molecular weight excluding hydrogens is 436 g/mol. The maximum atomic E-state index is 14.3. The summed E-state index contributed by atoms with van der Waals surface area (Å²) in [5, 5.41) is 2.80. The van der Waals surface area contributed by atoms with Crippen molar-refractivity contribution in [1.82, 2.24) is 19.6 Å². The number of nitrogens with zero attached hydrogens (tertiary/aromatic N) is 3. The van der Waals surface area contributed by atoms with Gasteiger partial charge in [-0.15, -0.1) is 0 Å². The quantitative estimate of drug-likeness (QED) is 0.259. The maximum Gasteiger partial charge on any atom is 1.00 e. The smallest absolute Gasteiger partial charge is 1.00 e. The van der Waals surface area contributed by atoms with Crippen molar-refractivity contribution in [2.24, 2.45) is 0 Å². The van der Waals surface area contributed by atoms with Crippen LogP contribution < -0.4 is 64.7 Å². The van der Waals surface area contributed by atoms with E-state index in [1.165, 1.54) is 35.0 Å². The van der Waals surface area contributed by atoms with Crippen molar-refractivity contribution in [3.05, 3.63) is 70.3 Å². The van der Waals surface area contributed by atoms with Crippen LogP contribution in [0.2, 0.25) is 0 Å². The first-order valence-electron chi connectivity index (χ1n) is 8.00. The van der Waals surface area contributed by atoms with E-state index in [1.54, 1.807) is 6.92 Å². The van der Waals surface area contributed by atoms with Gasteiger partial charge in [-0.3, -0.25) is 9.89 Å². The van der Waals surface area contributed by atoms with Crippen LogP contribution in [0.15, 0.2) is 52.4 Å². The Morgan fingerprint density at radius 1 is 1.17 bits per heavy atom. The van der Waals surface area contributed by atoms with Crippen LogP contribution >= 0.6 is 0 Å². The molecule has 2 N–H and O–H groups in total. The van der Waals surface area contributed by atoms with E-state index in [4.69, 9.17) is 4.55 Å². The predicted molar refractivity (Wildman–Crippen MR) is 100 cm³/mol. The molecule has 12 heteroatoms. The van der Waals surface area contributed by atoms with Crippen LogP contribution in [0.3, 0.4) is 0 Å². The van der Waals surface area contributed by atoms with Gasteiger partial charge in [0.15, 0.2) is 10.7 Å². The molecule has 30 heavy (non-hydrogen) atoms. The number of pyridine rings is 1. The molecule has 4 rings (SSSR count). The van der Waals surface area contributed by atoms with E-state index >= 15 is 0 Å². The fourth-order valence-electron chi connectivity index (χ4n) is 2.95. The number of aromatic nitrogens is 4. The molecule has 7 nitrogen and oxygen atoms in total. The second-order valence-corrected chi connectivity index (χ2v) is 6.93. The minimum Gasteiger partial charge on any atom is -1.00 e. The third-order valence-electron chi connectivity index (χ3n) is 4.21. The maximum absolute atomic E-state index is 14.3. The third kappa shape index (κ3) is 4.66. The van der Waals surface area contributed by atoms with Crippen molar-refractivity contribution in [3.63, 3.8) is 0 Å². The topological polar surface area (TPSA) is 100 Å². The summed E-state index contributed by atoms with van der Waals surface area (Å²) >= 11 is -2.22. The van der Waals surface area contributed by atoms with Gasteiger partial charge in [0.25, 0.3) is 5.56 Å². The van der Waals surface area contributed by atoms with E-state index in [-0.39, 0.29) is 83.9 Å². The largest absolute Gasteiger partial charge is 1.00 e. The second kappa shape index (κ2) is 9.92. The monoisotopic (exact) mass is 450 g/mol. The Balaban J connectivity index is 0.00000240. The van der Waals surface area contributed by atoms with E-state index in [1.807, 2.05) is 0 Å². The summed E-state index contributed by atoms with van der Waals surface area (Å²) in [6.45, 7) is 1.65. The number of benzene rings is 1. The Kier molecular flexibility index (Phi) is 8.28. The van der Waals surface area contributed by atoms with Gasteiger partial charge in [0.05, 0.1) is 5.69 Å². The van der Waals surface area contributed by atoms with Gasteiger partial charge in [-0.05, 0) is 31.2 Å². The van der Waals surface area contributed by atoms with Crippen molar-refractivity contribution in [3.8, 4) is 22.4 Å². The first kappa shape index (κ1) is 25.0. The second-order valence-electron chi connectivity index (χ2n) is 6.01. The molecule has 4 aromatic rings. The molecule has 0 aliphatic rings. The van der Waals surface area contributed by atoms with Crippen LogP contribution in [0.25, 0.3) is 28.0 Å². The van der Waals surface area contributed by atoms with Gasteiger partial charge in [0, 0.05) is 40.7 Å². The molecule has 146 valence electrons. The molecule has 1 aromatic carbocycles. The fourth-order valence-corrected chi connectivity index (χ4v) is 3.27. The van der Waals surface area contributed by atoms with Gasteiger partial charge >= 0.3 is 59.1 Å². The summed E-state index contributed by atoms with van der Waals surface area (Å²) in [5.74, 6) is -1.49. The van der Waals surface area contributed by atoms with E-state index in [0.717, 1.165) is 12.1 Å². The molecule has 1 atom stereocenters. The first-order chi connectivity index (χ1) is 13.3. The minimum atomic E-state index is -2.22. The number of H-pyrrole nitrogens is 1. The van der Waals surface area contributed by atoms with Crippen LogP contribution in [0, 0.1) is 18.6 Å². The van der Waals surface area contributed by atoms with Crippen LogP contribution in [0.5, 0.6) is 0 Å². The molecule has 0 aliphatic carbocycles. The number of hydrogen-bond donors (Lipinski definition) is 2. The van der Waals surface area contributed by atoms with Gasteiger partial charge in [-0.25, -0.2) is 27.5 Å². The third-order valence-corrected chi connectivity index (χ3v) is 4.81. The normalized spacial score (nSPS) is 11.6. The van der Waals surface area contributed by atoms with E-state index < -0.39 is 28.3 Å². The summed E-state index contributed by atoms with van der Waals surface area (Å²) in [6.07, 6.45) is 1.32. The van der Waals surface area contributed by atoms with Gasteiger partial charge in [-0.1, -0.05) is 0 Å². The number of hydrogen-bond acceptors (Lipinski definition) is 4. The Labute approximate surface area is 218 Å². The zero-order valence-corrected chi connectivity index (χ0v) is 21.1. The molecule has 3 aromatic heterocycles. The van der Waals surface area contributed by atoms with Gasteiger partial charge in [0.1, 0.15) is 11.6 Å². The molecular formula is C18H14F2N4Na2O3S. The Hall–Kier alpha value is -1.24. The molecule has 0 fully saturated rings. The number of aryl methyl sites for hydroxylation is 1. The van der Waals surface area contributed by atoms with E-state index in [9.17, 15) is 17.8 Å². The van der Waals surface area contributed by atoms with Gasteiger partial charge < -0.3 is 7.41 Å². The summed E-state index contributed by atoms with van der Waals surface area (Å²) in [5.41, 5.74) is 1.35. The summed E-state index contributed by atoms with van der Waals surface area (Å²) in [4.78, 5) is 20.8. The standard InChI is InChI=1S/C18H12F2N4O3S.2Na.2H/c1-9-17(12-4-3-11(19)6-13(12)20)18-22-14(7-16(25)24(18)23-9)10-2-5-15(21-8-10)28(26)27;;;;/h2-8,23H,1H3,(H,26,27);;;;/q;2*+1;2*-1. The number of rotatable bonds is 3. The first-order valence-corrected chi connectivity index (χ1v) is 9.11. The van der Waals surface area contributed by atoms with Crippen molar-refractivity contribution < 1.29 is 79.5 Å². The molecule has 0 bridgehead atoms. The molecule has 0 spiro atoms. The summed E-state index contributed by atoms with van der Waals surface area (Å²) in [7, 11) is 0. The SMILES string of the molecule is Cc1[nH]n2c(=O)cc(-c3ccc(S(=O)O)nc3)nc2c1-c1ccc(F)cc1F.[H-].[H-].[Na+].[Na+]. The minimum absolute atomic E-state index is 0. The molecule has 0 radical (unpaired) electrons. The average Bonchev–Trinajstić information content (AvgIpc) is 2.98. The number of halogens is 2. The van der Waals surface area contributed by atoms with Gasteiger partial charge in [-0.2, -0.15) is 0 Å². The van der Waals surface area contributed by atoms with Gasteiger partial charge in [0.2, 0.25) is 11.1 Å².